The summed E-state index contributed by atoms with van der Waals surface area (Å²) in [6, 6.07) is 13.7. The number of hydrogen-bond donors (Lipinski definition) is 1. The Morgan fingerprint density at radius 3 is 2.52 bits per heavy atom. The van der Waals surface area contributed by atoms with E-state index < -0.39 is 11.2 Å². The van der Waals surface area contributed by atoms with Crippen molar-refractivity contribution in [1.82, 2.24) is 14.5 Å². The molecule has 140 valence electrons. The van der Waals surface area contributed by atoms with Gasteiger partial charge in [-0.05, 0) is 43.7 Å². The number of aromatic nitrogens is 2. The first-order valence-corrected chi connectivity index (χ1v) is 9.01. The number of fused-ring (bicyclic) bond motifs is 1. The van der Waals surface area contributed by atoms with Crippen molar-refractivity contribution in [3.8, 4) is 0 Å². The van der Waals surface area contributed by atoms with E-state index in [1.165, 1.54) is 4.57 Å². The summed E-state index contributed by atoms with van der Waals surface area (Å²) in [5.74, 6) is -0.287. The molecule has 0 aliphatic rings. The van der Waals surface area contributed by atoms with Gasteiger partial charge < -0.3 is 5.32 Å². The lowest BCUT2D eigenvalue weighted by molar-refractivity contribution is -0.122. The molecule has 1 N–H and O–H groups in total. The van der Waals surface area contributed by atoms with Gasteiger partial charge in [0.2, 0.25) is 5.91 Å². The van der Waals surface area contributed by atoms with E-state index >= 15 is 0 Å². The average molecular weight is 386 g/mol. The molecule has 0 atom stereocenters. The molecule has 1 heterocycles. The van der Waals surface area contributed by atoms with Crippen LogP contribution < -0.4 is 16.6 Å². The van der Waals surface area contributed by atoms with Gasteiger partial charge in [-0.25, -0.2) is 4.79 Å². The van der Waals surface area contributed by atoms with E-state index in [2.05, 4.69) is 5.32 Å². The average Bonchev–Trinajstić information content (AvgIpc) is 2.62. The molecule has 0 radical (unpaired) electrons. The largest absolute Gasteiger partial charge is 0.352 e. The predicted molar refractivity (Wildman–Crippen MR) is 106 cm³/mol. The lowest BCUT2D eigenvalue weighted by atomic mass is 10.2. The van der Waals surface area contributed by atoms with Crippen LogP contribution in [0.4, 0.5) is 0 Å². The Morgan fingerprint density at radius 2 is 1.81 bits per heavy atom. The van der Waals surface area contributed by atoms with Gasteiger partial charge in [-0.3, -0.25) is 18.7 Å². The second kappa shape index (κ2) is 7.80. The van der Waals surface area contributed by atoms with Crippen molar-refractivity contribution < 1.29 is 4.79 Å². The molecular weight excluding hydrogens is 366 g/mol. The van der Waals surface area contributed by atoms with Crippen molar-refractivity contribution in [2.24, 2.45) is 0 Å². The van der Waals surface area contributed by atoms with E-state index in [-0.39, 0.29) is 25.0 Å². The van der Waals surface area contributed by atoms with Gasteiger partial charge in [0.05, 0.1) is 17.4 Å². The van der Waals surface area contributed by atoms with Crippen LogP contribution in [0.15, 0.2) is 58.1 Å². The third kappa shape index (κ3) is 4.11. The van der Waals surface area contributed by atoms with Crippen LogP contribution in [0.25, 0.3) is 10.9 Å². The quantitative estimate of drug-likeness (QED) is 0.732. The molecule has 27 heavy (non-hydrogen) atoms. The van der Waals surface area contributed by atoms with Crippen LogP contribution in [0.5, 0.6) is 0 Å². The molecule has 2 aromatic carbocycles. The standard InChI is InChI=1S/C20H20ClN3O3/c1-13(2)22-18(25)12-23-17-9-4-3-8-16(17)19(26)24(20(23)27)11-14-6-5-7-15(21)10-14/h3-10,13H,11-12H2,1-2H3,(H,22,25). The fraction of sp³-hybridized carbons (Fsp3) is 0.250. The first-order valence-electron chi connectivity index (χ1n) is 8.63. The second-order valence-electron chi connectivity index (χ2n) is 6.63. The Balaban J connectivity index is 2.15. The molecule has 0 fully saturated rings. The Morgan fingerprint density at radius 1 is 1.07 bits per heavy atom. The number of para-hydroxylation sites is 1. The molecule has 3 rings (SSSR count). The van der Waals surface area contributed by atoms with Crippen LogP contribution in [-0.2, 0) is 17.9 Å². The minimum Gasteiger partial charge on any atom is -0.352 e. The van der Waals surface area contributed by atoms with E-state index in [1.807, 2.05) is 13.8 Å². The highest BCUT2D eigenvalue weighted by atomic mass is 35.5. The first-order chi connectivity index (χ1) is 12.9. The maximum absolute atomic E-state index is 13.0. The van der Waals surface area contributed by atoms with Gasteiger partial charge in [-0.15, -0.1) is 0 Å². The van der Waals surface area contributed by atoms with Crippen LogP contribution in [-0.4, -0.2) is 21.1 Å². The summed E-state index contributed by atoms with van der Waals surface area (Å²) >= 11 is 6.01. The van der Waals surface area contributed by atoms with Crippen molar-refractivity contribution in [3.05, 3.63) is 80.0 Å². The lowest BCUT2D eigenvalue weighted by Gasteiger charge is -2.15. The summed E-state index contributed by atoms with van der Waals surface area (Å²) in [4.78, 5) is 38.1. The summed E-state index contributed by atoms with van der Waals surface area (Å²) in [6.45, 7) is 3.61. The van der Waals surface area contributed by atoms with Crippen LogP contribution >= 0.6 is 11.6 Å². The van der Waals surface area contributed by atoms with Gasteiger partial charge in [-0.2, -0.15) is 0 Å². The highest BCUT2D eigenvalue weighted by Gasteiger charge is 2.16. The van der Waals surface area contributed by atoms with Gasteiger partial charge in [-0.1, -0.05) is 35.9 Å². The Labute approximate surface area is 161 Å². The van der Waals surface area contributed by atoms with Gasteiger partial charge in [0.25, 0.3) is 5.56 Å². The minimum absolute atomic E-state index is 0.0446. The topological polar surface area (TPSA) is 73.1 Å². The van der Waals surface area contributed by atoms with Crippen molar-refractivity contribution in [3.63, 3.8) is 0 Å². The maximum Gasteiger partial charge on any atom is 0.332 e. The molecule has 6 nitrogen and oxygen atoms in total. The molecule has 0 spiro atoms. The van der Waals surface area contributed by atoms with Crippen LogP contribution in [0.1, 0.15) is 19.4 Å². The van der Waals surface area contributed by atoms with Crippen LogP contribution in [0, 0.1) is 0 Å². The molecule has 0 aliphatic carbocycles. The number of nitrogens with zero attached hydrogens (tertiary/aromatic N) is 2. The highest BCUT2D eigenvalue weighted by molar-refractivity contribution is 6.30. The molecule has 7 heteroatoms. The molecule has 1 aromatic heterocycles. The van der Waals surface area contributed by atoms with E-state index in [0.717, 1.165) is 10.1 Å². The Hall–Kier alpha value is -2.86. The molecular formula is C20H20ClN3O3. The lowest BCUT2D eigenvalue weighted by Crippen LogP contribution is -2.43. The van der Waals surface area contributed by atoms with E-state index in [9.17, 15) is 14.4 Å². The smallest absolute Gasteiger partial charge is 0.332 e. The van der Waals surface area contributed by atoms with Gasteiger partial charge in [0.15, 0.2) is 0 Å². The second-order valence-corrected chi connectivity index (χ2v) is 7.07. The molecule has 0 bridgehead atoms. The summed E-state index contributed by atoms with van der Waals surface area (Å²) in [7, 11) is 0. The molecule has 0 unspecified atom stereocenters. The van der Waals surface area contributed by atoms with Crippen molar-refractivity contribution in [1.29, 1.82) is 0 Å². The fourth-order valence-corrected chi connectivity index (χ4v) is 3.21. The summed E-state index contributed by atoms with van der Waals surface area (Å²) in [6.07, 6.45) is 0. The predicted octanol–water partition coefficient (Wildman–Crippen LogP) is 2.39. The Kier molecular flexibility index (Phi) is 5.46. The number of carbonyl (C=O) groups excluding carboxylic acids is 1. The summed E-state index contributed by atoms with van der Waals surface area (Å²) in [5.41, 5.74) is 0.248. The number of carbonyl (C=O) groups is 1. The number of hydrogen-bond acceptors (Lipinski definition) is 3. The molecule has 1 amide bonds. The summed E-state index contributed by atoms with van der Waals surface area (Å²) in [5, 5.41) is 3.68. The van der Waals surface area contributed by atoms with E-state index in [4.69, 9.17) is 11.6 Å². The zero-order valence-corrected chi connectivity index (χ0v) is 15.9. The van der Waals surface area contributed by atoms with Crippen molar-refractivity contribution >= 4 is 28.4 Å². The monoisotopic (exact) mass is 385 g/mol. The molecule has 0 aliphatic heterocycles. The summed E-state index contributed by atoms with van der Waals surface area (Å²) < 4.78 is 2.47. The molecule has 0 saturated carbocycles. The third-order valence-corrected chi connectivity index (χ3v) is 4.35. The number of nitrogens with one attached hydrogen (secondary N) is 1. The van der Waals surface area contributed by atoms with Gasteiger partial charge in [0.1, 0.15) is 6.54 Å². The number of benzene rings is 2. The normalized spacial score (nSPS) is 11.1. The fourth-order valence-electron chi connectivity index (χ4n) is 2.99. The van der Waals surface area contributed by atoms with Gasteiger partial charge in [0, 0.05) is 11.1 Å². The van der Waals surface area contributed by atoms with Crippen LogP contribution in [0.3, 0.4) is 0 Å². The first kappa shape index (κ1) is 18.9. The van der Waals surface area contributed by atoms with Crippen LogP contribution in [0.2, 0.25) is 5.02 Å². The van der Waals surface area contributed by atoms with E-state index in [0.29, 0.717) is 15.9 Å². The third-order valence-electron chi connectivity index (χ3n) is 4.11. The maximum atomic E-state index is 13.0. The van der Waals surface area contributed by atoms with Crippen molar-refractivity contribution in [2.45, 2.75) is 33.0 Å². The van der Waals surface area contributed by atoms with E-state index in [1.54, 1.807) is 48.5 Å². The Bertz CT molecular complexity index is 1120. The number of amides is 1. The minimum atomic E-state index is -0.530. The zero-order valence-electron chi connectivity index (χ0n) is 15.1. The SMILES string of the molecule is CC(C)NC(=O)Cn1c(=O)n(Cc2cccc(Cl)c2)c(=O)c2ccccc21. The number of halogens is 1. The van der Waals surface area contributed by atoms with Crippen molar-refractivity contribution in [2.75, 3.05) is 0 Å². The number of rotatable bonds is 5. The highest BCUT2D eigenvalue weighted by Crippen LogP contribution is 2.12. The zero-order chi connectivity index (χ0) is 19.6. The van der Waals surface area contributed by atoms with Gasteiger partial charge >= 0.3 is 5.69 Å². The molecule has 3 aromatic rings. The molecule has 0 saturated heterocycles.